The largest absolute Gasteiger partial charge is 0.311 e. The van der Waals surface area contributed by atoms with Gasteiger partial charge in [0.1, 0.15) is 0 Å². The lowest BCUT2D eigenvalue weighted by atomic mass is 9.83. The molecule has 0 atom stereocenters. The summed E-state index contributed by atoms with van der Waals surface area (Å²) in [4.78, 5) is 0. The van der Waals surface area contributed by atoms with Gasteiger partial charge >= 0.3 is 0 Å². The van der Waals surface area contributed by atoms with Gasteiger partial charge in [0, 0.05) is 19.3 Å². The summed E-state index contributed by atoms with van der Waals surface area (Å²) >= 11 is 0. The Bertz CT molecular complexity index is 302. The van der Waals surface area contributed by atoms with Crippen molar-refractivity contribution in [2.24, 2.45) is 5.92 Å². The van der Waals surface area contributed by atoms with Gasteiger partial charge in [0.25, 0.3) is 0 Å². The minimum Gasteiger partial charge on any atom is -0.311 e. The highest BCUT2D eigenvalue weighted by atomic mass is 15.3. The number of hydrogen-bond donors (Lipinski definition) is 1. The number of nitrogens with zero attached hydrogens (tertiary/aromatic N) is 2. The summed E-state index contributed by atoms with van der Waals surface area (Å²) in [5.74, 6) is 1.01. The molecule has 3 nitrogen and oxygen atoms in total. The molecule has 0 aromatic carbocycles. The van der Waals surface area contributed by atoms with E-state index in [-0.39, 0.29) is 0 Å². The first-order valence-corrected chi connectivity index (χ1v) is 6.61. The van der Waals surface area contributed by atoms with Gasteiger partial charge in [-0.1, -0.05) is 26.2 Å². The van der Waals surface area contributed by atoms with Crippen LogP contribution < -0.4 is 5.32 Å². The Kier molecular flexibility index (Phi) is 4.40. The van der Waals surface area contributed by atoms with Crippen molar-refractivity contribution >= 4 is 0 Å². The van der Waals surface area contributed by atoms with Crippen molar-refractivity contribution in [2.45, 2.75) is 52.1 Å². The fourth-order valence-electron chi connectivity index (χ4n) is 2.23. The Morgan fingerprint density at radius 1 is 1.50 bits per heavy atom. The van der Waals surface area contributed by atoms with Crippen LogP contribution in [0.4, 0.5) is 0 Å². The van der Waals surface area contributed by atoms with Gasteiger partial charge in [0.15, 0.2) is 0 Å². The van der Waals surface area contributed by atoms with Crippen LogP contribution in [0.25, 0.3) is 0 Å². The molecule has 1 aromatic rings. The van der Waals surface area contributed by atoms with Crippen LogP contribution in [0.5, 0.6) is 0 Å². The highest BCUT2D eigenvalue weighted by Gasteiger charge is 2.16. The van der Waals surface area contributed by atoms with Crippen LogP contribution >= 0.6 is 0 Å². The van der Waals surface area contributed by atoms with Crippen LogP contribution in [0.1, 0.15) is 44.7 Å². The topological polar surface area (TPSA) is 29.9 Å². The zero-order valence-electron chi connectivity index (χ0n) is 10.3. The first kappa shape index (κ1) is 11.6. The van der Waals surface area contributed by atoms with Crippen LogP contribution in [0, 0.1) is 5.92 Å². The normalized spacial score (nSPS) is 16.3. The van der Waals surface area contributed by atoms with Crippen molar-refractivity contribution in [3.8, 4) is 0 Å². The van der Waals surface area contributed by atoms with Crippen molar-refractivity contribution in [1.29, 1.82) is 0 Å². The van der Waals surface area contributed by atoms with E-state index in [2.05, 4.69) is 28.1 Å². The molecule has 1 saturated carbocycles. The van der Waals surface area contributed by atoms with E-state index in [1.165, 1.54) is 31.4 Å². The third-order valence-corrected chi connectivity index (χ3v) is 3.50. The molecule has 1 fully saturated rings. The van der Waals surface area contributed by atoms with Gasteiger partial charge in [-0.15, -0.1) is 0 Å². The van der Waals surface area contributed by atoms with Crippen molar-refractivity contribution in [2.75, 3.05) is 6.54 Å². The first-order valence-electron chi connectivity index (χ1n) is 6.61. The lowest BCUT2D eigenvalue weighted by Crippen LogP contribution is -2.22. The molecule has 0 aliphatic heterocycles. The third-order valence-electron chi connectivity index (χ3n) is 3.50. The average molecular weight is 221 g/mol. The summed E-state index contributed by atoms with van der Waals surface area (Å²) in [5, 5.41) is 7.85. The summed E-state index contributed by atoms with van der Waals surface area (Å²) in [5.41, 5.74) is 1.32. The lowest BCUT2D eigenvalue weighted by Gasteiger charge is -2.25. The Labute approximate surface area is 98.2 Å². The molecule has 0 bridgehead atoms. The quantitative estimate of drug-likeness (QED) is 0.717. The van der Waals surface area contributed by atoms with Crippen molar-refractivity contribution < 1.29 is 0 Å². The van der Waals surface area contributed by atoms with Crippen molar-refractivity contribution in [1.82, 2.24) is 15.1 Å². The lowest BCUT2D eigenvalue weighted by molar-refractivity contribution is 0.291. The second-order valence-corrected chi connectivity index (χ2v) is 4.81. The third kappa shape index (κ3) is 3.08. The van der Waals surface area contributed by atoms with Crippen LogP contribution in [-0.4, -0.2) is 16.3 Å². The fraction of sp³-hybridized carbons (Fsp3) is 0.769. The minimum atomic E-state index is 0.965. The molecule has 3 heteroatoms. The molecular formula is C13H23N3. The highest BCUT2D eigenvalue weighted by molar-refractivity contribution is 4.99. The van der Waals surface area contributed by atoms with E-state index in [0.29, 0.717) is 0 Å². The van der Waals surface area contributed by atoms with Crippen LogP contribution in [-0.2, 0) is 13.1 Å². The second kappa shape index (κ2) is 6.04. The number of hydrogen-bond acceptors (Lipinski definition) is 2. The fourth-order valence-corrected chi connectivity index (χ4v) is 2.23. The van der Waals surface area contributed by atoms with Gasteiger partial charge in [0.05, 0.1) is 5.69 Å². The number of aryl methyl sites for hydroxylation is 1. The molecule has 0 unspecified atom stereocenters. The maximum Gasteiger partial charge on any atom is 0.0522 e. The van der Waals surface area contributed by atoms with Gasteiger partial charge in [-0.05, 0) is 31.4 Å². The Balaban J connectivity index is 1.65. The van der Waals surface area contributed by atoms with E-state index < -0.39 is 0 Å². The Hall–Kier alpha value is -0.830. The molecule has 1 N–H and O–H groups in total. The molecule has 2 rings (SSSR count). The summed E-state index contributed by atoms with van der Waals surface area (Å²) < 4.78 is 2.11. The van der Waals surface area contributed by atoms with E-state index in [4.69, 9.17) is 0 Å². The minimum absolute atomic E-state index is 0.965. The molecule has 1 aliphatic rings. The maximum absolute atomic E-state index is 4.32. The first-order chi connectivity index (χ1) is 7.90. The molecule has 1 aromatic heterocycles. The van der Waals surface area contributed by atoms with E-state index in [0.717, 1.165) is 32.0 Å². The standard InChI is InChI=1S/C13H23N3/c1-2-10-16-13(7-9-15-16)11-14-8-6-12-4-3-5-12/h7,9,12,14H,2-6,8,10-11H2,1H3. The maximum atomic E-state index is 4.32. The van der Waals surface area contributed by atoms with E-state index in [1.54, 1.807) is 0 Å². The number of aromatic nitrogens is 2. The summed E-state index contributed by atoms with van der Waals surface area (Å²) in [6, 6.07) is 2.12. The van der Waals surface area contributed by atoms with Gasteiger partial charge in [-0.2, -0.15) is 5.10 Å². The molecule has 0 saturated heterocycles. The predicted molar refractivity (Wildman–Crippen MR) is 66.2 cm³/mol. The van der Waals surface area contributed by atoms with Gasteiger partial charge in [-0.3, -0.25) is 4.68 Å². The smallest absolute Gasteiger partial charge is 0.0522 e. The zero-order valence-corrected chi connectivity index (χ0v) is 10.3. The monoisotopic (exact) mass is 221 g/mol. The van der Waals surface area contributed by atoms with Gasteiger partial charge < -0.3 is 5.32 Å². The summed E-state index contributed by atoms with van der Waals surface area (Å²) in [6.07, 6.45) is 8.76. The zero-order chi connectivity index (χ0) is 11.2. The van der Waals surface area contributed by atoms with Crippen LogP contribution in [0.2, 0.25) is 0 Å². The van der Waals surface area contributed by atoms with Gasteiger partial charge in [-0.25, -0.2) is 0 Å². The molecular weight excluding hydrogens is 198 g/mol. The Morgan fingerprint density at radius 2 is 2.38 bits per heavy atom. The summed E-state index contributed by atoms with van der Waals surface area (Å²) in [7, 11) is 0. The van der Waals surface area contributed by atoms with Crippen molar-refractivity contribution in [3.63, 3.8) is 0 Å². The van der Waals surface area contributed by atoms with E-state index in [1.807, 2.05) is 6.20 Å². The molecule has 0 spiro atoms. The van der Waals surface area contributed by atoms with Crippen molar-refractivity contribution in [3.05, 3.63) is 18.0 Å². The van der Waals surface area contributed by atoms with Crippen LogP contribution in [0.15, 0.2) is 12.3 Å². The number of rotatable bonds is 7. The highest BCUT2D eigenvalue weighted by Crippen LogP contribution is 2.28. The number of nitrogens with one attached hydrogen (secondary N) is 1. The van der Waals surface area contributed by atoms with E-state index >= 15 is 0 Å². The molecule has 0 radical (unpaired) electrons. The van der Waals surface area contributed by atoms with E-state index in [9.17, 15) is 0 Å². The average Bonchev–Trinajstić information content (AvgIpc) is 2.63. The molecule has 16 heavy (non-hydrogen) atoms. The second-order valence-electron chi connectivity index (χ2n) is 4.81. The molecule has 90 valence electrons. The molecule has 1 aliphatic carbocycles. The molecule has 0 amide bonds. The molecule has 1 heterocycles. The predicted octanol–water partition coefficient (Wildman–Crippen LogP) is 2.57. The van der Waals surface area contributed by atoms with Gasteiger partial charge in [0.2, 0.25) is 0 Å². The Morgan fingerprint density at radius 3 is 3.06 bits per heavy atom. The summed E-state index contributed by atoms with van der Waals surface area (Å²) in [6.45, 7) is 5.34. The van der Waals surface area contributed by atoms with Crippen LogP contribution in [0.3, 0.4) is 0 Å². The SMILES string of the molecule is CCCn1nccc1CNCCC1CCC1.